The van der Waals surface area contributed by atoms with E-state index in [2.05, 4.69) is 0 Å². The minimum atomic E-state index is 0.282. The van der Waals surface area contributed by atoms with Crippen LogP contribution in [-0.4, -0.2) is 5.11 Å². The van der Waals surface area contributed by atoms with Gasteiger partial charge in [0.25, 0.3) is 0 Å². The zero-order chi connectivity index (χ0) is 8.27. The van der Waals surface area contributed by atoms with Crippen molar-refractivity contribution in [3.63, 3.8) is 0 Å². The standard InChI is InChI=1S/C9H11NO/c1-7-5-6-8(10)3-2-4-9(7)11/h2-6,11H,10H2,1H3/b3-2?,4-2-,6-5?,7-5?,8-3+,8-6?,9-4?,9-7?. The highest BCUT2D eigenvalue weighted by Gasteiger charge is 1.93. The van der Waals surface area contributed by atoms with E-state index >= 15 is 0 Å². The Balaban J connectivity index is 2.98. The predicted molar refractivity (Wildman–Crippen MR) is 45.9 cm³/mol. The lowest BCUT2D eigenvalue weighted by Crippen LogP contribution is -1.93. The smallest absolute Gasteiger partial charge is 0.118 e. The van der Waals surface area contributed by atoms with E-state index in [-0.39, 0.29) is 5.76 Å². The third-order valence-electron chi connectivity index (χ3n) is 1.47. The molecule has 0 amide bonds. The monoisotopic (exact) mass is 149 g/mol. The molecule has 0 atom stereocenters. The number of rotatable bonds is 0. The molecule has 0 aromatic rings. The van der Waals surface area contributed by atoms with Crippen LogP contribution >= 0.6 is 0 Å². The van der Waals surface area contributed by atoms with Gasteiger partial charge in [0.15, 0.2) is 0 Å². The van der Waals surface area contributed by atoms with Crippen molar-refractivity contribution in [1.29, 1.82) is 0 Å². The lowest BCUT2D eigenvalue weighted by molar-refractivity contribution is 0.427. The van der Waals surface area contributed by atoms with Crippen LogP contribution in [0.25, 0.3) is 0 Å². The number of hydrogen-bond acceptors (Lipinski definition) is 2. The van der Waals surface area contributed by atoms with Gasteiger partial charge >= 0.3 is 0 Å². The molecule has 3 N–H and O–H groups in total. The van der Waals surface area contributed by atoms with Crippen LogP contribution in [0.1, 0.15) is 6.92 Å². The fourth-order valence-electron chi connectivity index (χ4n) is 0.744. The fourth-order valence-corrected chi connectivity index (χ4v) is 0.744. The van der Waals surface area contributed by atoms with E-state index in [0.29, 0.717) is 5.70 Å². The second-order valence-corrected chi connectivity index (χ2v) is 2.43. The van der Waals surface area contributed by atoms with E-state index in [9.17, 15) is 5.11 Å². The Morgan fingerprint density at radius 1 is 1.27 bits per heavy atom. The van der Waals surface area contributed by atoms with Crippen LogP contribution in [0, 0.1) is 0 Å². The van der Waals surface area contributed by atoms with E-state index in [1.807, 2.05) is 6.92 Å². The summed E-state index contributed by atoms with van der Waals surface area (Å²) in [5.41, 5.74) is 7.04. The van der Waals surface area contributed by atoms with E-state index in [4.69, 9.17) is 5.73 Å². The Morgan fingerprint density at radius 3 is 2.73 bits per heavy atom. The van der Waals surface area contributed by atoms with Gasteiger partial charge in [0.2, 0.25) is 0 Å². The van der Waals surface area contributed by atoms with Crippen LogP contribution in [0.5, 0.6) is 0 Å². The maximum Gasteiger partial charge on any atom is 0.118 e. The Labute approximate surface area is 66.0 Å². The van der Waals surface area contributed by atoms with Crippen molar-refractivity contribution in [3.8, 4) is 0 Å². The zero-order valence-electron chi connectivity index (χ0n) is 6.41. The number of aliphatic hydroxyl groups excluding tert-OH is 1. The molecule has 0 aliphatic heterocycles. The highest BCUT2D eigenvalue weighted by molar-refractivity contribution is 5.35. The van der Waals surface area contributed by atoms with Gasteiger partial charge in [0.05, 0.1) is 0 Å². The van der Waals surface area contributed by atoms with Gasteiger partial charge in [-0.15, -0.1) is 0 Å². The molecule has 1 rings (SSSR count). The number of nitrogens with two attached hydrogens (primary N) is 1. The van der Waals surface area contributed by atoms with Gasteiger partial charge in [-0.25, -0.2) is 0 Å². The van der Waals surface area contributed by atoms with Crippen LogP contribution < -0.4 is 5.73 Å². The summed E-state index contributed by atoms with van der Waals surface area (Å²) >= 11 is 0. The van der Waals surface area contributed by atoms with Gasteiger partial charge < -0.3 is 10.8 Å². The topological polar surface area (TPSA) is 46.2 Å². The first kappa shape index (κ1) is 7.66. The molecule has 0 unspecified atom stereocenters. The maximum atomic E-state index is 9.24. The molecule has 0 aromatic carbocycles. The second-order valence-electron chi connectivity index (χ2n) is 2.43. The Hall–Kier alpha value is -1.44. The number of allylic oxidation sites excluding steroid dienone is 6. The first-order valence-electron chi connectivity index (χ1n) is 3.42. The number of aliphatic hydroxyl groups is 1. The quantitative estimate of drug-likeness (QED) is 0.551. The Bertz CT molecular complexity index is 269. The molecule has 1 aliphatic rings. The molecule has 11 heavy (non-hydrogen) atoms. The molecule has 0 bridgehead atoms. The summed E-state index contributed by atoms with van der Waals surface area (Å²) < 4.78 is 0. The zero-order valence-corrected chi connectivity index (χ0v) is 6.41. The fraction of sp³-hybridized carbons (Fsp3) is 0.111. The normalized spacial score (nSPS) is 25.4. The van der Waals surface area contributed by atoms with Gasteiger partial charge in [-0.2, -0.15) is 0 Å². The van der Waals surface area contributed by atoms with Gasteiger partial charge in [-0.3, -0.25) is 0 Å². The van der Waals surface area contributed by atoms with Gasteiger partial charge in [0, 0.05) is 5.70 Å². The second kappa shape index (κ2) is 3.10. The van der Waals surface area contributed by atoms with Crippen molar-refractivity contribution in [2.45, 2.75) is 6.92 Å². The maximum absolute atomic E-state index is 9.24. The van der Waals surface area contributed by atoms with Crippen molar-refractivity contribution in [1.82, 2.24) is 0 Å². The van der Waals surface area contributed by atoms with Crippen LogP contribution in [0.4, 0.5) is 0 Å². The lowest BCUT2D eigenvalue weighted by Gasteiger charge is -1.98. The van der Waals surface area contributed by atoms with Crippen molar-refractivity contribution in [3.05, 3.63) is 47.4 Å². The van der Waals surface area contributed by atoms with E-state index in [0.717, 1.165) is 5.57 Å². The van der Waals surface area contributed by atoms with Crippen molar-refractivity contribution in [2.75, 3.05) is 0 Å². The largest absolute Gasteiger partial charge is 0.508 e. The van der Waals surface area contributed by atoms with Crippen molar-refractivity contribution < 1.29 is 5.11 Å². The van der Waals surface area contributed by atoms with Gasteiger partial charge in [0.1, 0.15) is 5.76 Å². The number of hydrogen-bond donors (Lipinski definition) is 2. The lowest BCUT2D eigenvalue weighted by atomic mass is 10.2. The summed E-state index contributed by atoms with van der Waals surface area (Å²) in [6, 6.07) is 0. The van der Waals surface area contributed by atoms with Crippen molar-refractivity contribution in [2.24, 2.45) is 5.73 Å². The summed E-state index contributed by atoms with van der Waals surface area (Å²) in [6.07, 6.45) is 8.61. The van der Waals surface area contributed by atoms with E-state index < -0.39 is 0 Å². The third-order valence-corrected chi connectivity index (χ3v) is 1.47. The highest BCUT2D eigenvalue weighted by atomic mass is 16.3. The molecule has 0 radical (unpaired) electrons. The molecular weight excluding hydrogens is 138 g/mol. The van der Waals surface area contributed by atoms with Crippen molar-refractivity contribution >= 4 is 0 Å². The molecule has 2 heteroatoms. The molecule has 0 heterocycles. The van der Waals surface area contributed by atoms with Crippen LogP contribution in [0.15, 0.2) is 47.4 Å². The molecule has 0 aromatic heterocycles. The average Bonchev–Trinajstić information content (AvgIpc) is 1.98. The summed E-state index contributed by atoms with van der Waals surface area (Å²) in [6.45, 7) is 1.83. The molecule has 0 fully saturated rings. The highest BCUT2D eigenvalue weighted by Crippen LogP contribution is 2.07. The van der Waals surface area contributed by atoms with E-state index in [1.54, 1.807) is 30.4 Å². The Kier molecular flexibility index (Phi) is 2.16. The van der Waals surface area contributed by atoms with Crippen LogP contribution in [-0.2, 0) is 0 Å². The third kappa shape index (κ3) is 2.00. The molecule has 58 valence electrons. The summed E-state index contributed by atoms with van der Waals surface area (Å²) in [5.74, 6) is 0.282. The summed E-state index contributed by atoms with van der Waals surface area (Å²) in [7, 11) is 0. The first-order valence-corrected chi connectivity index (χ1v) is 3.42. The SMILES string of the molecule is CC1=C(O)/C=C\C=C(\N)C=C1. The molecule has 0 spiro atoms. The average molecular weight is 149 g/mol. The molecule has 1 aliphatic carbocycles. The van der Waals surface area contributed by atoms with E-state index in [1.165, 1.54) is 0 Å². The van der Waals surface area contributed by atoms with Crippen LogP contribution in [0.2, 0.25) is 0 Å². The molecular formula is C9H11NO. The minimum absolute atomic E-state index is 0.282. The summed E-state index contributed by atoms with van der Waals surface area (Å²) in [5, 5.41) is 9.24. The predicted octanol–water partition coefficient (Wildman–Crippen LogP) is 1.79. The first-order chi connectivity index (χ1) is 5.20. The van der Waals surface area contributed by atoms with Crippen LogP contribution in [0.3, 0.4) is 0 Å². The molecule has 0 saturated heterocycles. The minimum Gasteiger partial charge on any atom is -0.508 e. The molecule has 2 nitrogen and oxygen atoms in total. The van der Waals surface area contributed by atoms with Gasteiger partial charge in [-0.1, -0.05) is 12.2 Å². The van der Waals surface area contributed by atoms with Gasteiger partial charge in [-0.05, 0) is 30.7 Å². The summed E-state index contributed by atoms with van der Waals surface area (Å²) in [4.78, 5) is 0. The molecule has 0 saturated carbocycles. The Morgan fingerprint density at radius 2 is 2.00 bits per heavy atom.